The van der Waals surface area contributed by atoms with Crippen molar-refractivity contribution >= 4 is 17.7 Å². The molecule has 0 heterocycles. The van der Waals surface area contributed by atoms with Gasteiger partial charge in [0.05, 0.1) is 0 Å². The van der Waals surface area contributed by atoms with E-state index in [0.29, 0.717) is 0 Å². The van der Waals surface area contributed by atoms with Gasteiger partial charge in [-0.1, -0.05) is 23.7 Å². The van der Waals surface area contributed by atoms with Gasteiger partial charge in [0.1, 0.15) is 5.54 Å². The molecule has 0 radical (unpaired) electrons. The Morgan fingerprint density at radius 3 is 2.47 bits per heavy atom. The third kappa shape index (κ3) is 1.60. The lowest BCUT2D eigenvalue weighted by atomic mass is 9.97. The molecule has 2 nitrogen and oxygen atoms in total. The minimum absolute atomic E-state index is 0.366. The number of aryl methyl sites for hydroxylation is 2. The van der Waals surface area contributed by atoms with Gasteiger partial charge in [0, 0.05) is 10.6 Å². The van der Waals surface area contributed by atoms with E-state index in [9.17, 15) is 4.79 Å². The van der Waals surface area contributed by atoms with Gasteiger partial charge in [-0.2, -0.15) is 4.99 Å². The van der Waals surface area contributed by atoms with Gasteiger partial charge in [-0.05, 0) is 37.8 Å². The van der Waals surface area contributed by atoms with Crippen LogP contribution >= 0.6 is 11.6 Å². The standard InChI is InChI=1S/C12H12ClNO/c1-8-3-4-9(2)11(13)10(8)12(5-6-12)14-7-15/h3-4H,5-6H2,1-2H3. The predicted octanol–water partition coefficient (Wildman–Crippen LogP) is 3.28. The van der Waals surface area contributed by atoms with Crippen LogP contribution in [0, 0.1) is 13.8 Å². The van der Waals surface area contributed by atoms with E-state index in [2.05, 4.69) is 4.99 Å². The van der Waals surface area contributed by atoms with Crippen molar-refractivity contribution in [3.63, 3.8) is 0 Å². The highest BCUT2D eigenvalue weighted by Crippen LogP contribution is 2.53. The van der Waals surface area contributed by atoms with Crippen molar-refractivity contribution < 1.29 is 4.79 Å². The lowest BCUT2D eigenvalue weighted by Gasteiger charge is -2.15. The molecule has 0 atom stereocenters. The molecule has 0 N–H and O–H groups in total. The average molecular weight is 222 g/mol. The quantitative estimate of drug-likeness (QED) is 0.557. The van der Waals surface area contributed by atoms with Crippen molar-refractivity contribution in [1.82, 2.24) is 0 Å². The summed E-state index contributed by atoms with van der Waals surface area (Å²) >= 11 is 6.27. The Bertz CT molecular complexity index is 457. The summed E-state index contributed by atoms with van der Waals surface area (Å²) in [6, 6.07) is 4.01. The second kappa shape index (κ2) is 3.48. The van der Waals surface area contributed by atoms with E-state index in [0.717, 1.165) is 34.6 Å². The van der Waals surface area contributed by atoms with Gasteiger partial charge < -0.3 is 0 Å². The van der Waals surface area contributed by atoms with E-state index >= 15 is 0 Å². The summed E-state index contributed by atoms with van der Waals surface area (Å²) in [6.07, 6.45) is 3.45. The van der Waals surface area contributed by atoms with Crippen molar-refractivity contribution in [2.45, 2.75) is 32.2 Å². The number of isocyanates is 1. The molecule has 1 aromatic carbocycles. The molecule has 0 unspecified atom stereocenters. The fourth-order valence-corrected chi connectivity index (χ4v) is 2.36. The third-order valence-corrected chi connectivity index (χ3v) is 3.48. The molecule has 15 heavy (non-hydrogen) atoms. The summed E-state index contributed by atoms with van der Waals surface area (Å²) < 4.78 is 0. The van der Waals surface area contributed by atoms with Crippen LogP contribution in [-0.2, 0) is 10.3 Å². The molecule has 1 saturated carbocycles. The van der Waals surface area contributed by atoms with Crippen LogP contribution in [0.1, 0.15) is 29.5 Å². The average Bonchev–Trinajstić information content (AvgIpc) is 2.94. The van der Waals surface area contributed by atoms with Gasteiger partial charge in [0.15, 0.2) is 0 Å². The largest absolute Gasteiger partial charge is 0.235 e. The van der Waals surface area contributed by atoms with Crippen molar-refractivity contribution in [3.8, 4) is 0 Å². The van der Waals surface area contributed by atoms with E-state index in [1.807, 2.05) is 26.0 Å². The summed E-state index contributed by atoms with van der Waals surface area (Å²) in [7, 11) is 0. The van der Waals surface area contributed by atoms with Gasteiger partial charge in [-0.25, -0.2) is 4.79 Å². The van der Waals surface area contributed by atoms with Crippen LogP contribution in [-0.4, -0.2) is 6.08 Å². The lowest BCUT2D eigenvalue weighted by molar-refractivity contribution is 0.556. The maximum atomic E-state index is 10.4. The Morgan fingerprint density at radius 1 is 1.33 bits per heavy atom. The smallest absolute Gasteiger partial charge is 0.211 e. The molecule has 1 aromatic rings. The SMILES string of the molecule is Cc1ccc(C)c(C2(N=C=O)CC2)c1Cl. The zero-order chi connectivity index (χ0) is 11.1. The molecule has 2 rings (SSSR count). The maximum absolute atomic E-state index is 10.4. The molecule has 0 spiro atoms. The second-order valence-corrected chi connectivity index (χ2v) is 4.50. The first-order valence-electron chi connectivity index (χ1n) is 4.96. The first kappa shape index (κ1) is 10.4. The van der Waals surface area contributed by atoms with Crippen LogP contribution in [0.3, 0.4) is 0 Å². The molecule has 0 aromatic heterocycles. The topological polar surface area (TPSA) is 29.4 Å². The van der Waals surface area contributed by atoms with Gasteiger partial charge in [0.2, 0.25) is 6.08 Å². The fraction of sp³-hybridized carbons (Fsp3) is 0.417. The van der Waals surface area contributed by atoms with Crippen molar-refractivity contribution in [1.29, 1.82) is 0 Å². The Kier molecular flexibility index (Phi) is 2.41. The molecule has 0 aliphatic heterocycles. The summed E-state index contributed by atoms with van der Waals surface area (Å²) in [5.74, 6) is 0. The van der Waals surface area contributed by atoms with E-state index in [4.69, 9.17) is 11.6 Å². The first-order valence-corrected chi connectivity index (χ1v) is 5.34. The summed E-state index contributed by atoms with van der Waals surface area (Å²) in [4.78, 5) is 14.3. The van der Waals surface area contributed by atoms with E-state index < -0.39 is 0 Å². The fourth-order valence-electron chi connectivity index (χ4n) is 1.97. The Labute approximate surface area is 94.0 Å². The Hall–Kier alpha value is -1.11. The molecule has 3 heteroatoms. The van der Waals surface area contributed by atoms with Gasteiger partial charge in [-0.3, -0.25) is 0 Å². The highest BCUT2D eigenvalue weighted by molar-refractivity contribution is 6.32. The van der Waals surface area contributed by atoms with Gasteiger partial charge in [-0.15, -0.1) is 0 Å². The monoisotopic (exact) mass is 221 g/mol. The zero-order valence-corrected chi connectivity index (χ0v) is 9.56. The number of rotatable bonds is 2. The molecule has 0 amide bonds. The number of hydrogen-bond donors (Lipinski definition) is 0. The van der Waals surface area contributed by atoms with Crippen molar-refractivity contribution in [2.24, 2.45) is 4.99 Å². The summed E-state index contributed by atoms with van der Waals surface area (Å²) in [6.45, 7) is 3.97. The molecule has 1 aliphatic carbocycles. The molecular weight excluding hydrogens is 210 g/mol. The molecule has 1 aliphatic rings. The molecule has 1 fully saturated rings. The Morgan fingerprint density at radius 2 is 1.93 bits per heavy atom. The van der Waals surface area contributed by atoms with Gasteiger partial charge >= 0.3 is 0 Å². The van der Waals surface area contributed by atoms with E-state index in [1.165, 1.54) is 0 Å². The highest BCUT2D eigenvalue weighted by atomic mass is 35.5. The minimum Gasteiger partial charge on any atom is -0.211 e. The van der Waals surface area contributed by atoms with Crippen LogP contribution < -0.4 is 0 Å². The molecule has 78 valence electrons. The number of hydrogen-bond acceptors (Lipinski definition) is 2. The minimum atomic E-state index is -0.366. The summed E-state index contributed by atoms with van der Waals surface area (Å²) in [5.41, 5.74) is 2.77. The van der Waals surface area contributed by atoms with E-state index in [-0.39, 0.29) is 5.54 Å². The van der Waals surface area contributed by atoms with Crippen LogP contribution in [0.15, 0.2) is 17.1 Å². The molecule has 0 saturated heterocycles. The predicted molar refractivity (Wildman–Crippen MR) is 60.0 cm³/mol. The number of benzene rings is 1. The first-order chi connectivity index (χ1) is 7.10. The van der Waals surface area contributed by atoms with Crippen molar-refractivity contribution in [2.75, 3.05) is 0 Å². The van der Waals surface area contributed by atoms with E-state index in [1.54, 1.807) is 6.08 Å². The van der Waals surface area contributed by atoms with Crippen LogP contribution in [0.5, 0.6) is 0 Å². The number of halogens is 1. The third-order valence-electron chi connectivity index (χ3n) is 2.99. The van der Waals surface area contributed by atoms with Gasteiger partial charge in [0.25, 0.3) is 0 Å². The second-order valence-electron chi connectivity index (χ2n) is 4.12. The summed E-state index contributed by atoms with van der Waals surface area (Å²) in [5, 5.41) is 0.742. The zero-order valence-electron chi connectivity index (χ0n) is 8.80. The number of aliphatic imine (C=N–C) groups is 1. The van der Waals surface area contributed by atoms with Crippen molar-refractivity contribution in [3.05, 3.63) is 33.8 Å². The Balaban J connectivity index is 2.62. The highest BCUT2D eigenvalue weighted by Gasteiger charge is 2.47. The molecular formula is C12H12ClNO. The van der Waals surface area contributed by atoms with Crippen LogP contribution in [0.4, 0.5) is 0 Å². The number of carbonyl (C=O) groups excluding carboxylic acids is 1. The van der Waals surface area contributed by atoms with Crippen LogP contribution in [0.2, 0.25) is 5.02 Å². The number of nitrogens with zero attached hydrogens (tertiary/aromatic N) is 1. The van der Waals surface area contributed by atoms with Crippen LogP contribution in [0.25, 0.3) is 0 Å². The normalized spacial score (nSPS) is 17.0. The lowest BCUT2D eigenvalue weighted by Crippen LogP contribution is -2.06. The molecule has 0 bridgehead atoms. The maximum Gasteiger partial charge on any atom is 0.235 e.